The number of piperidine rings is 1. The van der Waals surface area contributed by atoms with E-state index in [1.165, 1.54) is 6.92 Å². The summed E-state index contributed by atoms with van der Waals surface area (Å²) in [6.07, 6.45) is 0.142. The van der Waals surface area contributed by atoms with Crippen molar-refractivity contribution in [3.63, 3.8) is 0 Å². The Bertz CT molecular complexity index is 1360. The number of hydrogen-bond acceptors (Lipinski definition) is 11. The van der Waals surface area contributed by atoms with Gasteiger partial charge < -0.3 is 38.3 Å². The van der Waals surface area contributed by atoms with Crippen molar-refractivity contribution in [2.45, 2.75) is 81.2 Å². The van der Waals surface area contributed by atoms with Crippen LogP contribution in [0.5, 0.6) is 5.75 Å². The van der Waals surface area contributed by atoms with Crippen LogP contribution < -0.4 is 4.74 Å². The summed E-state index contributed by atoms with van der Waals surface area (Å²) >= 11 is 0. The standard InChI is InChI=1S/C35H49NO10/c1-8-36-17-32(18-40-3)14-13-23(42-5)35-22-15-33(39)24(43-6)16-34(46-19(2)37,26(29(35)36)27(44-7)28(32)35)25(22)30(33)45-31(38)20-9-11-21(41-4)12-10-20/h9-12,22-30,39H,8,13-18H2,1-7H3/t22-,23+,24+,25-,26+,27+,28?,29?,30-,32+,33+,34-,35+/m1/s1. The molecule has 7 rings (SSSR count). The molecule has 6 fully saturated rings. The second kappa shape index (κ2) is 11.1. The smallest absolute Gasteiger partial charge is 0.338 e. The lowest BCUT2D eigenvalue weighted by Gasteiger charge is -2.69. The van der Waals surface area contributed by atoms with E-state index < -0.39 is 46.7 Å². The molecule has 1 N–H and O–H groups in total. The van der Waals surface area contributed by atoms with Crippen LogP contribution in [-0.2, 0) is 33.2 Å². The molecule has 46 heavy (non-hydrogen) atoms. The van der Waals surface area contributed by atoms with Gasteiger partial charge in [-0.2, -0.15) is 0 Å². The van der Waals surface area contributed by atoms with Crippen LogP contribution in [0.15, 0.2) is 24.3 Å². The average Bonchev–Trinajstić information content (AvgIpc) is 3.42. The van der Waals surface area contributed by atoms with Gasteiger partial charge in [0.2, 0.25) is 0 Å². The molecule has 1 heterocycles. The Kier molecular flexibility index (Phi) is 7.81. The SMILES string of the molecule is CCN1C[C@]2(COC)CC[C@H](OC)[C@]34C1[C@H]([C@H](OC)C23)[C@@]1(OC(C)=O)C[C@H](OC)[C@@]2(O)C[C@@H]4[C@@H]1[C@H]2OC(=O)c1ccc(OC)cc1. The zero-order valence-electron chi connectivity index (χ0n) is 28.0. The third-order valence-corrected chi connectivity index (χ3v) is 13.3. The number of nitrogens with zero attached hydrogens (tertiary/aromatic N) is 1. The van der Waals surface area contributed by atoms with Gasteiger partial charge in [0.15, 0.2) is 0 Å². The molecule has 2 unspecified atom stereocenters. The van der Waals surface area contributed by atoms with E-state index >= 15 is 0 Å². The fourth-order valence-electron chi connectivity index (χ4n) is 12.4. The van der Waals surface area contributed by atoms with Gasteiger partial charge in [0.05, 0.1) is 37.6 Å². The lowest BCUT2D eigenvalue weighted by molar-refractivity contribution is -0.287. The molecule has 0 radical (unpaired) electrons. The van der Waals surface area contributed by atoms with Crippen LogP contribution in [0.2, 0.25) is 0 Å². The van der Waals surface area contributed by atoms with Crippen molar-refractivity contribution in [1.29, 1.82) is 0 Å². The third kappa shape index (κ3) is 3.87. The molecule has 1 aliphatic heterocycles. The zero-order chi connectivity index (χ0) is 32.8. The highest BCUT2D eigenvalue weighted by Crippen LogP contribution is 2.80. The van der Waals surface area contributed by atoms with Crippen molar-refractivity contribution in [1.82, 2.24) is 4.90 Å². The molecule has 13 atom stereocenters. The number of rotatable bonds is 10. The van der Waals surface area contributed by atoms with Crippen molar-refractivity contribution in [3.05, 3.63) is 29.8 Å². The number of carbonyl (C=O) groups excluding carboxylic acids is 2. The van der Waals surface area contributed by atoms with Gasteiger partial charge in [-0.3, -0.25) is 9.69 Å². The fourth-order valence-corrected chi connectivity index (χ4v) is 12.4. The van der Waals surface area contributed by atoms with Gasteiger partial charge in [0.1, 0.15) is 23.1 Å². The number of fused-ring (bicyclic) bond motifs is 2. The van der Waals surface area contributed by atoms with Gasteiger partial charge in [-0.05, 0) is 56.0 Å². The highest BCUT2D eigenvalue weighted by Gasteiger charge is 2.89. The Morgan fingerprint density at radius 2 is 1.70 bits per heavy atom. The number of benzene rings is 1. The van der Waals surface area contributed by atoms with E-state index in [9.17, 15) is 14.7 Å². The Hall–Kier alpha value is -2.28. The Morgan fingerprint density at radius 1 is 0.978 bits per heavy atom. The van der Waals surface area contributed by atoms with Crippen LogP contribution >= 0.6 is 0 Å². The predicted octanol–water partition coefficient (Wildman–Crippen LogP) is 2.72. The van der Waals surface area contributed by atoms with Crippen LogP contribution in [0, 0.1) is 34.5 Å². The molecule has 1 spiro atoms. The summed E-state index contributed by atoms with van der Waals surface area (Å²) in [5.41, 5.74) is -3.03. The first-order valence-electron chi connectivity index (χ1n) is 16.6. The molecule has 11 nitrogen and oxygen atoms in total. The van der Waals surface area contributed by atoms with Crippen molar-refractivity contribution >= 4 is 11.9 Å². The first-order valence-corrected chi connectivity index (χ1v) is 16.6. The number of aliphatic hydroxyl groups is 1. The molecule has 1 aromatic rings. The zero-order valence-corrected chi connectivity index (χ0v) is 28.0. The molecule has 1 saturated heterocycles. The first-order chi connectivity index (χ1) is 22.1. The lowest BCUT2D eigenvalue weighted by atomic mass is 9.43. The van der Waals surface area contributed by atoms with E-state index in [4.69, 9.17) is 33.2 Å². The normalized spacial score (nSPS) is 46.6. The van der Waals surface area contributed by atoms with Gasteiger partial charge in [-0.1, -0.05) is 6.92 Å². The molecule has 11 heteroatoms. The summed E-state index contributed by atoms with van der Waals surface area (Å²) < 4.78 is 43.6. The highest BCUT2D eigenvalue weighted by molar-refractivity contribution is 5.89. The number of methoxy groups -OCH3 is 5. The summed E-state index contributed by atoms with van der Waals surface area (Å²) in [6.45, 7) is 5.80. The van der Waals surface area contributed by atoms with E-state index in [-0.39, 0.29) is 47.8 Å². The largest absolute Gasteiger partial charge is 0.497 e. The molecule has 7 bridgehead atoms. The van der Waals surface area contributed by atoms with Gasteiger partial charge >= 0.3 is 11.9 Å². The van der Waals surface area contributed by atoms with Gasteiger partial charge in [0.25, 0.3) is 0 Å². The van der Waals surface area contributed by atoms with Crippen molar-refractivity contribution in [2.24, 2.45) is 34.5 Å². The molecular formula is C35H49NO10. The number of likely N-dealkylation sites (tertiary alicyclic amines) is 1. The maximum atomic E-state index is 13.9. The van der Waals surface area contributed by atoms with Gasteiger partial charge in [0, 0.05) is 83.0 Å². The third-order valence-electron chi connectivity index (χ3n) is 13.3. The maximum absolute atomic E-state index is 13.9. The minimum absolute atomic E-state index is 0.00534. The molecule has 5 saturated carbocycles. The lowest BCUT2D eigenvalue weighted by Crippen LogP contribution is -2.77. The predicted molar refractivity (Wildman–Crippen MR) is 164 cm³/mol. The van der Waals surface area contributed by atoms with E-state index in [0.29, 0.717) is 24.3 Å². The number of ether oxygens (including phenoxy) is 7. The number of esters is 2. The topological polar surface area (TPSA) is 122 Å². The molecule has 0 aromatic heterocycles. The van der Waals surface area contributed by atoms with Crippen molar-refractivity contribution in [3.8, 4) is 5.75 Å². The quantitative estimate of drug-likeness (QED) is 0.379. The van der Waals surface area contributed by atoms with Crippen molar-refractivity contribution in [2.75, 3.05) is 55.2 Å². The molecule has 6 aliphatic rings. The van der Waals surface area contributed by atoms with Gasteiger partial charge in [-0.25, -0.2) is 4.79 Å². The second-order valence-electron chi connectivity index (χ2n) is 14.6. The Labute approximate surface area is 271 Å². The van der Waals surface area contributed by atoms with Crippen LogP contribution in [0.1, 0.15) is 49.9 Å². The molecular weight excluding hydrogens is 594 g/mol. The van der Waals surface area contributed by atoms with E-state index in [2.05, 4.69) is 11.8 Å². The molecule has 254 valence electrons. The summed E-state index contributed by atoms with van der Waals surface area (Å²) in [4.78, 5) is 29.7. The number of hydrogen-bond donors (Lipinski definition) is 1. The van der Waals surface area contributed by atoms with E-state index in [1.54, 1.807) is 59.8 Å². The summed E-state index contributed by atoms with van der Waals surface area (Å²) in [6, 6.07) is 6.66. The number of carbonyl (C=O) groups is 2. The van der Waals surface area contributed by atoms with Crippen LogP contribution in [0.3, 0.4) is 0 Å². The second-order valence-corrected chi connectivity index (χ2v) is 14.6. The van der Waals surface area contributed by atoms with E-state index in [1.807, 2.05) is 0 Å². The van der Waals surface area contributed by atoms with Crippen LogP contribution in [0.4, 0.5) is 0 Å². The van der Waals surface area contributed by atoms with Crippen LogP contribution in [-0.4, -0.2) is 119 Å². The maximum Gasteiger partial charge on any atom is 0.338 e. The monoisotopic (exact) mass is 643 g/mol. The van der Waals surface area contributed by atoms with Crippen LogP contribution in [0.25, 0.3) is 0 Å². The molecule has 1 aromatic carbocycles. The Balaban J connectivity index is 1.46. The van der Waals surface area contributed by atoms with Crippen molar-refractivity contribution < 1.29 is 47.9 Å². The van der Waals surface area contributed by atoms with Gasteiger partial charge in [-0.15, -0.1) is 0 Å². The Morgan fingerprint density at radius 3 is 2.28 bits per heavy atom. The molecule has 0 amide bonds. The highest BCUT2D eigenvalue weighted by atomic mass is 16.6. The molecule has 5 aliphatic carbocycles. The van der Waals surface area contributed by atoms with E-state index in [0.717, 1.165) is 25.9 Å². The first kappa shape index (κ1) is 32.3. The summed E-state index contributed by atoms with van der Waals surface area (Å²) in [5.74, 6) is -1.38. The minimum atomic E-state index is -1.51. The summed E-state index contributed by atoms with van der Waals surface area (Å²) in [5, 5.41) is 12.8. The fraction of sp³-hybridized carbons (Fsp3) is 0.771. The minimum Gasteiger partial charge on any atom is -0.497 e. The average molecular weight is 644 g/mol. The summed E-state index contributed by atoms with van der Waals surface area (Å²) in [7, 11) is 8.44.